The number of rotatable bonds is 0. The van der Waals surface area contributed by atoms with Gasteiger partial charge in [0.25, 0.3) is 0 Å². The highest BCUT2D eigenvalue weighted by atomic mass is 15.2. The van der Waals surface area contributed by atoms with Gasteiger partial charge >= 0.3 is 0 Å². The van der Waals surface area contributed by atoms with E-state index < -0.39 is 0 Å². The van der Waals surface area contributed by atoms with Gasteiger partial charge in [-0.15, -0.1) is 0 Å². The zero-order chi connectivity index (χ0) is 7.68. The number of hydrogen-bond donors (Lipinski definition) is 1. The average Bonchev–Trinajstić information content (AvgIpc) is 2.06. The van der Waals surface area contributed by atoms with Gasteiger partial charge in [0.15, 0.2) is 0 Å². The normalized spacial score (nSPS) is 40.1. The van der Waals surface area contributed by atoms with Crippen molar-refractivity contribution in [2.24, 2.45) is 0 Å². The van der Waals surface area contributed by atoms with E-state index in [4.69, 9.17) is 0 Å². The molecule has 2 heteroatoms. The monoisotopic (exact) mass is 154 g/mol. The van der Waals surface area contributed by atoms with Crippen LogP contribution in [0, 0.1) is 0 Å². The highest BCUT2D eigenvalue weighted by molar-refractivity contribution is 4.90. The zero-order valence-electron chi connectivity index (χ0n) is 7.34. The van der Waals surface area contributed by atoms with Gasteiger partial charge in [-0.2, -0.15) is 0 Å². The molecule has 2 nitrogen and oxygen atoms in total. The molecule has 2 fully saturated rings. The van der Waals surface area contributed by atoms with Crippen molar-refractivity contribution >= 4 is 0 Å². The predicted molar refractivity (Wildman–Crippen MR) is 46.7 cm³/mol. The minimum atomic E-state index is 0.808. The minimum absolute atomic E-state index is 0.808. The summed E-state index contributed by atoms with van der Waals surface area (Å²) in [6.45, 7) is 2.43. The van der Waals surface area contributed by atoms with Gasteiger partial charge in [0.1, 0.15) is 0 Å². The molecule has 11 heavy (non-hydrogen) atoms. The van der Waals surface area contributed by atoms with Crippen molar-refractivity contribution in [2.75, 3.05) is 20.1 Å². The van der Waals surface area contributed by atoms with Crippen LogP contribution >= 0.6 is 0 Å². The third-order valence-corrected chi connectivity index (χ3v) is 3.17. The summed E-state index contributed by atoms with van der Waals surface area (Å²) >= 11 is 0. The van der Waals surface area contributed by atoms with Crippen LogP contribution in [-0.4, -0.2) is 37.1 Å². The Hall–Kier alpha value is -0.0800. The molecule has 2 aliphatic rings. The lowest BCUT2D eigenvalue weighted by Gasteiger charge is -2.42. The maximum absolute atomic E-state index is 3.61. The van der Waals surface area contributed by atoms with E-state index in [1.54, 1.807) is 0 Å². The fraction of sp³-hybridized carbons (Fsp3) is 1.00. The Balaban J connectivity index is 1.99. The van der Waals surface area contributed by atoms with Gasteiger partial charge in [-0.05, 0) is 19.9 Å². The van der Waals surface area contributed by atoms with E-state index in [1.807, 2.05) is 0 Å². The second-order valence-electron chi connectivity index (χ2n) is 3.89. The number of fused-ring (bicyclic) bond motifs is 1. The van der Waals surface area contributed by atoms with Crippen LogP contribution < -0.4 is 5.32 Å². The van der Waals surface area contributed by atoms with Crippen molar-refractivity contribution in [1.29, 1.82) is 0 Å². The van der Waals surface area contributed by atoms with Gasteiger partial charge in [-0.25, -0.2) is 0 Å². The maximum atomic E-state index is 3.61. The van der Waals surface area contributed by atoms with E-state index in [1.165, 1.54) is 38.8 Å². The SMILES string of the molecule is CN1CCN[C@H]2CCCC[C@@H]21. The summed E-state index contributed by atoms with van der Waals surface area (Å²) in [5, 5.41) is 3.61. The largest absolute Gasteiger partial charge is 0.311 e. The molecule has 0 aromatic rings. The Kier molecular flexibility index (Phi) is 2.14. The van der Waals surface area contributed by atoms with Crippen molar-refractivity contribution in [3.63, 3.8) is 0 Å². The number of likely N-dealkylation sites (N-methyl/N-ethyl adjacent to an activating group) is 1. The van der Waals surface area contributed by atoms with Crippen molar-refractivity contribution in [3.05, 3.63) is 0 Å². The topological polar surface area (TPSA) is 15.3 Å². The van der Waals surface area contributed by atoms with Gasteiger partial charge in [0.2, 0.25) is 0 Å². The summed E-state index contributed by atoms with van der Waals surface area (Å²) in [6, 6.07) is 1.65. The molecule has 0 radical (unpaired) electrons. The van der Waals surface area contributed by atoms with Crippen molar-refractivity contribution in [1.82, 2.24) is 10.2 Å². The molecule has 0 amide bonds. The summed E-state index contributed by atoms with van der Waals surface area (Å²) in [4.78, 5) is 2.53. The Morgan fingerprint density at radius 2 is 2.09 bits per heavy atom. The van der Waals surface area contributed by atoms with E-state index >= 15 is 0 Å². The zero-order valence-corrected chi connectivity index (χ0v) is 7.34. The molecule has 64 valence electrons. The van der Waals surface area contributed by atoms with Gasteiger partial charge in [0, 0.05) is 25.2 Å². The summed E-state index contributed by atoms with van der Waals surface area (Å²) < 4.78 is 0. The molecule has 2 atom stereocenters. The third-order valence-electron chi connectivity index (χ3n) is 3.17. The van der Waals surface area contributed by atoms with Gasteiger partial charge in [0.05, 0.1) is 0 Å². The number of nitrogens with zero attached hydrogens (tertiary/aromatic N) is 1. The summed E-state index contributed by atoms with van der Waals surface area (Å²) in [6.07, 6.45) is 5.68. The van der Waals surface area contributed by atoms with E-state index in [9.17, 15) is 0 Å². The van der Waals surface area contributed by atoms with E-state index in [-0.39, 0.29) is 0 Å². The molecule has 0 aromatic carbocycles. The standard InChI is InChI=1S/C9H18N2/c1-11-7-6-10-8-4-2-3-5-9(8)11/h8-10H,2-7H2,1H3/t8-,9-/m0/s1. The maximum Gasteiger partial charge on any atom is 0.0246 e. The van der Waals surface area contributed by atoms with E-state index in [0.29, 0.717) is 0 Å². The quantitative estimate of drug-likeness (QED) is 0.556. The molecule has 1 N–H and O–H groups in total. The van der Waals surface area contributed by atoms with Crippen molar-refractivity contribution in [2.45, 2.75) is 37.8 Å². The molecule has 1 heterocycles. The van der Waals surface area contributed by atoms with Crippen LogP contribution in [0.1, 0.15) is 25.7 Å². The fourth-order valence-corrected chi connectivity index (χ4v) is 2.47. The lowest BCUT2D eigenvalue weighted by atomic mass is 9.88. The van der Waals surface area contributed by atoms with Crippen LogP contribution in [0.5, 0.6) is 0 Å². The van der Waals surface area contributed by atoms with Crippen molar-refractivity contribution < 1.29 is 0 Å². The smallest absolute Gasteiger partial charge is 0.0246 e. The van der Waals surface area contributed by atoms with Gasteiger partial charge in [-0.3, -0.25) is 0 Å². The second kappa shape index (κ2) is 3.11. The Bertz CT molecular complexity index is 134. The molecular formula is C9H18N2. The molecule has 0 aromatic heterocycles. The molecule has 1 saturated heterocycles. The molecule has 0 bridgehead atoms. The lowest BCUT2D eigenvalue weighted by molar-refractivity contribution is 0.114. The number of piperazine rings is 1. The first-order valence-corrected chi connectivity index (χ1v) is 4.81. The van der Waals surface area contributed by atoms with Crippen LogP contribution in [0.3, 0.4) is 0 Å². The van der Waals surface area contributed by atoms with Crippen LogP contribution in [0.2, 0.25) is 0 Å². The summed E-state index contributed by atoms with van der Waals surface area (Å²) in [7, 11) is 2.27. The average molecular weight is 154 g/mol. The Morgan fingerprint density at radius 3 is 2.91 bits per heavy atom. The molecule has 0 unspecified atom stereocenters. The molecule has 0 spiro atoms. The van der Waals surface area contributed by atoms with Crippen LogP contribution in [0.25, 0.3) is 0 Å². The number of hydrogen-bond acceptors (Lipinski definition) is 2. The second-order valence-corrected chi connectivity index (χ2v) is 3.89. The first-order valence-electron chi connectivity index (χ1n) is 4.81. The van der Waals surface area contributed by atoms with Gasteiger partial charge in [-0.1, -0.05) is 12.8 Å². The lowest BCUT2D eigenvalue weighted by Crippen LogP contribution is -2.57. The number of nitrogens with one attached hydrogen (secondary N) is 1. The highest BCUT2D eigenvalue weighted by Gasteiger charge is 2.30. The molecule has 1 aliphatic carbocycles. The summed E-state index contributed by atoms with van der Waals surface area (Å²) in [5.41, 5.74) is 0. The third kappa shape index (κ3) is 1.42. The first-order chi connectivity index (χ1) is 5.38. The van der Waals surface area contributed by atoms with E-state index in [2.05, 4.69) is 17.3 Å². The molecule has 1 aliphatic heterocycles. The predicted octanol–water partition coefficient (Wildman–Crippen LogP) is 0.833. The van der Waals surface area contributed by atoms with Crippen molar-refractivity contribution in [3.8, 4) is 0 Å². The highest BCUT2D eigenvalue weighted by Crippen LogP contribution is 2.23. The van der Waals surface area contributed by atoms with Crippen LogP contribution in [0.4, 0.5) is 0 Å². The summed E-state index contributed by atoms with van der Waals surface area (Å²) in [5.74, 6) is 0. The Morgan fingerprint density at radius 1 is 1.27 bits per heavy atom. The first kappa shape index (κ1) is 7.56. The van der Waals surface area contributed by atoms with Crippen LogP contribution in [-0.2, 0) is 0 Å². The molecular weight excluding hydrogens is 136 g/mol. The minimum Gasteiger partial charge on any atom is -0.311 e. The molecule has 2 rings (SSSR count). The van der Waals surface area contributed by atoms with Crippen LogP contribution in [0.15, 0.2) is 0 Å². The Labute approximate surface area is 69.0 Å². The fourth-order valence-electron chi connectivity index (χ4n) is 2.47. The van der Waals surface area contributed by atoms with Gasteiger partial charge < -0.3 is 10.2 Å². The molecule has 1 saturated carbocycles. The van der Waals surface area contributed by atoms with E-state index in [0.717, 1.165) is 12.1 Å².